The largest absolute Gasteiger partial charge is 0.481 e. The van der Waals surface area contributed by atoms with Gasteiger partial charge in [-0.1, -0.05) is 25.0 Å². The first-order chi connectivity index (χ1) is 13.1. The first kappa shape index (κ1) is 19.7. The van der Waals surface area contributed by atoms with E-state index in [2.05, 4.69) is 23.0 Å². The second-order valence-electron chi connectivity index (χ2n) is 7.10. The van der Waals surface area contributed by atoms with Crippen LogP contribution in [-0.2, 0) is 20.8 Å². The fourth-order valence-electron chi connectivity index (χ4n) is 3.66. The molecule has 6 heteroatoms. The number of benzene rings is 1. The molecule has 6 nitrogen and oxygen atoms in total. The molecular formula is C21H28N2O4. The van der Waals surface area contributed by atoms with Crippen LogP contribution in [0, 0.1) is 12.3 Å². The molecule has 2 saturated heterocycles. The molecule has 0 bridgehead atoms. The third kappa shape index (κ3) is 5.23. The van der Waals surface area contributed by atoms with Gasteiger partial charge in [0, 0.05) is 32.6 Å². The van der Waals surface area contributed by atoms with Crippen molar-refractivity contribution in [3.63, 3.8) is 0 Å². The number of nitrogens with zero attached hydrogens (tertiary/aromatic N) is 2. The van der Waals surface area contributed by atoms with Crippen LogP contribution in [0.5, 0.6) is 5.75 Å². The Balaban J connectivity index is 1.63. The van der Waals surface area contributed by atoms with Gasteiger partial charge >= 0.3 is 0 Å². The van der Waals surface area contributed by atoms with Gasteiger partial charge in [0.1, 0.15) is 18.0 Å². The van der Waals surface area contributed by atoms with Gasteiger partial charge in [0.25, 0.3) is 0 Å². The molecule has 0 N–H and O–H groups in total. The summed E-state index contributed by atoms with van der Waals surface area (Å²) >= 11 is 0. The number of amides is 1. The van der Waals surface area contributed by atoms with E-state index in [1.54, 1.807) is 0 Å². The van der Waals surface area contributed by atoms with Crippen LogP contribution in [-0.4, -0.2) is 73.9 Å². The van der Waals surface area contributed by atoms with Crippen LogP contribution in [0.2, 0.25) is 0 Å². The quantitative estimate of drug-likeness (QED) is 0.734. The van der Waals surface area contributed by atoms with Crippen LogP contribution >= 0.6 is 0 Å². The first-order valence-electron chi connectivity index (χ1n) is 9.51. The van der Waals surface area contributed by atoms with Gasteiger partial charge < -0.3 is 19.1 Å². The third-order valence-electron chi connectivity index (χ3n) is 4.98. The maximum absolute atomic E-state index is 12.2. The topological polar surface area (TPSA) is 51.2 Å². The van der Waals surface area contributed by atoms with Crippen molar-refractivity contribution < 1.29 is 19.0 Å². The number of carbonyl (C=O) groups excluding carboxylic acids is 1. The van der Waals surface area contributed by atoms with Crippen molar-refractivity contribution in [2.45, 2.75) is 25.5 Å². The number of morpholine rings is 1. The van der Waals surface area contributed by atoms with E-state index < -0.39 is 5.60 Å². The SMILES string of the molecule is C#CCOc1ccc(CN2CCO[C@@]3(COCCN(C(=O)CC)C3)C2)cc1. The Bertz CT molecular complexity index is 670. The molecule has 0 aromatic heterocycles. The maximum atomic E-state index is 12.2. The monoisotopic (exact) mass is 372 g/mol. The smallest absolute Gasteiger partial charge is 0.222 e. The highest BCUT2D eigenvalue weighted by Crippen LogP contribution is 2.24. The van der Waals surface area contributed by atoms with E-state index in [4.69, 9.17) is 20.6 Å². The molecule has 2 aliphatic rings. The molecule has 3 rings (SSSR count). The van der Waals surface area contributed by atoms with E-state index in [0.29, 0.717) is 39.3 Å². The summed E-state index contributed by atoms with van der Waals surface area (Å²) in [5.74, 6) is 3.40. The Morgan fingerprint density at radius 2 is 2.07 bits per heavy atom. The molecule has 27 heavy (non-hydrogen) atoms. The summed E-state index contributed by atoms with van der Waals surface area (Å²) in [7, 11) is 0. The normalized spacial score (nSPS) is 23.6. The van der Waals surface area contributed by atoms with Gasteiger partial charge in [-0.15, -0.1) is 6.42 Å². The molecule has 1 aromatic carbocycles. The van der Waals surface area contributed by atoms with E-state index in [-0.39, 0.29) is 12.5 Å². The third-order valence-corrected chi connectivity index (χ3v) is 4.98. The predicted octanol–water partition coefficient (Wildman–Crippen LogP) is 1.54. The summed E-state index contributed by atoms with van der Waals surface area (Å²) in [6.45, 7) is 7.56. The first-order valence-corrected chi connectivity index (χ1v) is 9.51. The van der Waals surface area contributed by atoms with Gasteiger partial charge in [0.05, 0.1) is 26.4 Å². The number of terminal acetylenes is 1. The fourth-order valence-corrected chi connectivity index (χ4v) is 3.66. The van der Waals surface area contributed by atoms with Crippen LogP contribution in [0.4, 0.5) is 0 Å². The lowest BCUT2D eigenvalue weighted by molar-refractivity contribution is -0.152. The van der Waals surface area contributed by atoms with E-state index in [9.17, 15) is 4.79 Å². The van der Waals surface area contributed by atoms with E-state index >= 15 is 0 Å². The molecule has 0 aliphatic carbocycles. The minimum atomic E-state index is -0.449. The Morgan fingerprint density at radius 3 is 2.81 bits per heavy atom. The highest BCUT2D eigenvalue weighted by atomic mass is 16.5. The maximum Gasteiger partial charge on any atom is 0.222 e. The average Bonchev–Trinajstić information content (AvgIpc) is 2.89. The molecule has 1 spiro atoms. The summed E-state index contributed by atoms with van der Waals surface area (Å²) in [4.78, 5) is 16.5. The van der Waals surface area contributed by atoms with Gasteiger partial charge in [-0.3, -0.25) is 9.69 Å². The van der Waals surface area contributed by atoms with Crippen LogP contribution < -0.4 is 4.74 Å². The summed E-state index contributed by atoms with van der Waals surface area (Å²) in [6.07, 6.45) is 5.73. The summed E-state index contributed by atoms with van der Waals surface area (Å²) in [6, 6.07) is 8.01. The lowest BCUT2D eigenvalue weighted by atomic mass is 10.0. The lowest BCUT2D eigenvalue weighted by Gasteiger charge is -2.43. The Kier molecular flexibility index (Phi) is 6.73. The Morgan fingerprint density at radius 1 is 1.26 bits per heavy atom. The van der Waals surface area contributed by atoms with Gasteiger partial charge in [-0.25, -0.2) is 0 Å². The molecule has 0 radical (unpaired) electrons. The number of rotatable bonds is 5. The van der Waals surface area contributed by atoms with Gasteiger partial charge in [0.15, 0.2) is 0 Å². The highest BCUT2D eigenvalue weighted by Gasteiger charge is 2.41. The Labute approximate surface area is 161 Å². The molecule has 0 unspecified atom stereocenters. The molecule has 0 saturated carbocycles. The van der Waals surface area contributed by atoms with Crippen molar-refractivity contribution in [2.24, 2.45) is 0 Å². The lowest BCUT2D eigenvalue weighted by Crippen LogP contribution is -2.59. The number of hydrogen-bond donors (Lipinski definition) is 0. The molecule has 2 aliphatic heterocycles. The van der Waals surface area contributed by atoms with Crippen molar-refractivity contribution in [3.8, 4) is 18.1 Å². The zero-order valence-electron chi connectivity index (χ0n) is 16.0. The number of hydrogen-bond acceptors (Lipinski definition) is 5. The van der Waals surface area contributed by atoms with Gasteiger partial charge in [-0.2, -0.15) is 0 Å². The molecule has 146 valence electrons. The molecular weight excluding hydrogens is 344 g/mol. The Hall–Kier alpha value is -2.07. The predicted molar refractivity (Wildman–Crippen MR) is 102 cm³/mol. The number of ether oxygens (including phenoxy) is 3. The molecule has 2 fully saturated rings. The summed E-state index contributed by atoms with van der Waals surface area (Å²) in [5.41, 5.74) is 0.756. The zero-order chi connectivity index (χ0) is 19.1. The second-order valence-corrected chi connectivity index (χ2v) is 7.10. The standard InChI is InChI=1S/C21H28N2O4/c1-3-11-26-19-7-5-18(6-8-19)14-22-9-13-27-21(15-22)16-23(20(24)4-2)10-12-25-17-21/h1,5-8H,4,9-17H2,2H3/t21-/m0/s1. The molecule has 1 atom stereocenters. The molecule has 1 aromatic rings. The minimum Gasteiger partial charge on any atom is -0.481 e. The van der Waals surface area contributed by atoms with Crippen LogP contribution in [0.15, 0.2) is 24.3 Å². The van der Waals surface area contributed by atoms with Crippen molar-refractivity contribution >= 4 is 5.91 Å². The second kappa shape index (κ2) is 9.23. The van der Waals surface area contributed by atoms with Gasteiger partial charge in [-0.05, 0) is 17.7 Å². The fraction of sp³-hybridized carbons (Fsp3) is 0.571. The average molecular weight is 372 g/mol. The summed E-state index contributed by atoms with van der Waals surface area (Å²) in [5, 5.41) is 0. The molecule has 1 amide bonds. The van der Waals surface area contributed by atoms with Crippen LogP contribution in [0.25, 0.3) is 0 Å². The van der Waals surface area contributed by atoms with E-state index in [1.165, 1.54) is 5.56 Å². The minimum absolute atomic E-state index is 0.156. The summed E-state index contributed by atoms with van der Waals surface area (Å²) < 4.78 is 17.4. The van der Waals surface area contributed by atoms with Crippen molar-refractivity contribution in [2.75, 3.05) is 52.6 Å². The van der Waals surface area contributed by atoms with Crippen LogP contribution in [0.1, 0.15) is 18.9 Å². The van der Waals surface area contributed by atoms with E-state index in [0.717, 1.165) is 25.4 Å². The van der Waals surface area contributed by atoms with Gasteiger partial charge in [0.2, 0.25) is 5.91 Å². The zero-order valence-corrected chi connectivity index (χ0v) is 16.0. The van der Waals surface area contributed by atoms with Crippen LogP contribution in [0.3, 0.4) is 0 Å². The van der Waals surface area contributed by atoms with Crippen molar-refractivity contribution in [1.29, 1.82) is 0 Å². The molecule has 2 heterocycles. The van der Waals surface area contributed by atoms with E-state index in [1.807, 2.05) is 24.0 Å². The van der Waals surface area contributed by atoms with Crippen molar-refractivity contribution in [3.05, 3.63) is 29.8 Å². The highest BCUT2D eigenvalue weighted by molar-refractivity contribution is 5.76. The van der Waals surface area contributed by atoms with Crippen molar-refractivity contribution in [1.82, 2.24) is 9.80 Å². The number of carbonyl (C=O) groups is 1.